The lowest BCUT2D eigenvalue weighted by atomic mass is 9.86. The van der Waals surface area contributed by atoms with Crippen molar-refractivity contribution < 1.29 is 9.47 Å². The lowest BCUT2D eigenvalue weighted by Gasteiger charge is -2.25. The van der Waals surface area contributed by atoms with E-state index in [1.165, 1.54) is 0 Å². The second-order valence-corrected chi connectivity index (χ2v) is 5.77. The smallest absolute Gasteiger partial charge is 0.166 e. The molecule has 0 amide bonds. The molecule has 0 saturated carbocycles. The van der Waals surface area contributed by atoms with Gasteiger partial charge >= 0.3 is 0 Å². The first kappa shape index (κ1) is 11.2. The van der Waals surface area contributed by atoms with Gasteiger partial charge in [0.25, 0.3) is 0 Å². The fourth-order valence-electron chi connectivity index (χ4n) is 2.97. The molecule has 0 unspecified atom stereocenters. The Morgan fingerprint density at radius 3 is 2.82 bits per heavy atom. The van der Waals surface area contributed by atoms with E-state index in [2.05, 4.69) is 13.8 Å². The molecule has 3 nitrogen and oxygen atoms in total. The number of hydrogen-bond donors (Lipinski definition) is 1. The van der Waals surface area contributed by atoms with Crippen LogP contribution in [0.5, 0.6) is 11.5 Å². The summed E-state index contributed by atoms with van der Waals surface area (Å²) in [4.78, 5) is 0. The average Bonchev–Trinajstić information content (AvgIpc) is 2.50. The number of benzene rings is 1. The van der Waals surface area contributed by atoms with E-state index < -0.39 is 0 Å². The Labute approximate surface area is 106 Å². The van der Waals surface area contributed by atoms with Crippen molar-refractivity contribution in [2.24, 2.45) is 5.73 Å². The Morgan fingerprint density at radius 1 is 1.35 bits per heavy atom. The summed E-state index contributed by atoms with van der Waals surface area (Å²) in [5, 5.41) is 0.738. The monoisotopic (exact) mass is 253 g/mol. The van der Waals surface area contributed by atoms with E-state index in [4.69, 9.17) is 26.8 Å². The number of rotatable bonds is 0. The number of nitrogens with two attached hydrogens (primary N) is 1. The van der Waals surface area contributed by atoms with E-state index in [1.807, 2.05) is 6.07 Å². The SMILES string of the molecule is CC1(C)C[C@H](N)c2c3c(cc(Cl)c21)OCCO3. The molecule has 2 aliphatic rings. The van der Waals surface area contributed by atoms with Crippen molar-refractivity contribution in [1.82, 2.24) is 0 Å². The standard InChI is InChI=1S/C13H16ClNO2/c1-13(2)6-8(15)10-11(13)7(14)5-9-12(10)17-4-3-16-9/h5,8H,3-4,6,15H2,1-2H3/t8-/m0/s1. The van der Waals surface area contributed by atoms with Crippen LogP contribution in [0.25, 0.3) is 0 Å². The van der Waals surface area contributed by atoms with Gasteiger partial charge in [0.15, 0.2) is 11.5 Å². The van der Waals surface area contributed by atoms with E-state index >= 15 is 0 Å². The molecule has 0 spiro atoms. The van der Waals surface area contributed by atoms with Crippen LogP contribution in [0, 0.1) is 0 Å². The second kappa shape index (κ2) is 3.53. The summed E-state index contributed by atoms with van der Waals surface area (Å²) in [6.07, 6.45) is 0.891. The van der Waals surface area contributed by atoms with Crippen LogP contribution >= 0.6 is 11.6 Å². The molecule has 1 aliphatic carbocycles. The maximum Gasteiger partial charge on any atom is 0.166 e. The van der Waals surface area contributed by atoms with Crippen molar-refractivity contribution in [2.75, 3.05) is 13.2 Å². The van der Waals surface area contributed by atoms with Crippen molar-refractivity contribution in [1.29, 1.82) is 0 Å². The minimum Gasteiger partial charge on any atom is -0.486 e. The predicted octanol–water partition coefficient (Wildman–Crippen LogP) is 2.79. The first-order valence-corrected chi connectivity index (χ1v) is 6.26. The van der Waals surface area contributed by atoms with Crippen LogP contribution in [-0.4, -0.2) is 13.2 Å². The highest BCUT2D eigenvalue weighted by molar-refractivity contribution is 6.32. The zero-order valence-electron chi connectivity index (χ0n) is 10.0. The third-order valence-electron chi connectivity index (χ3n) is 3.60. The van der Waals surface area contributed by atoms with Gasteiger partial charge in [-0.05, 0) is 17.4 Å². The summed E-state index contributed by atoms with van der Waals surface area (Å²) in [5.41, 5.74) is 8.38. The number of hydrogen-bond acceptors (Lipinski definition) is 3. The molecule has 1 heterocycles. The minimum atomic E-state index is -0.0193. The lowest BCUT2D eigenvalue weighted by molar-refractivity contribution is 0.169. The highest BCUT2D eigenvalue weighted by Crippen LogP contribution is 2.53. The van der Waals surface area contributed by atoms with Gasteiger partial charge in [0, 0.05) is 22.7 Å². The van der Waals surface area contributed by atoms with Gasteiger partial charge in [-0.3, -0.25) is 0 Å². The Kier molecular flexibility index (Phi) is 2.32. The van der Waals surface area contributed by atoms with Crippen molar-refractivity contribution in [3.05, 3.63) is 22.2 Å². The zero-order valence-corrected chi connectivity index (χ0v) is 10.8. The third-order valence-corrected chi connectivity index (χ3v) is 3.90. The maximum atomic E-state index is 6.37. The second-order valence-electron chi connectivity index (χ2n) is 5.37. The molecule has 0 saturated heterocycles. The molecule has 2 N–H and O–H groups in total. The van der Waals surface area contributed by atoms with Crippen molar-refractivity contribution in [3.8, 4) is 11.5 Å². The summed E-state index contributed by atoms with van der Waals surface area (Å²) in [5.74, 6) is 1.53. The van der Waals surface area contributed by atoms with Crippen LogP contribution in [0.15, 0.2) is 6.07 Å². The van der Waals surface area contributed by atoms with Crippen LogP contribution < -0.4 is 15.2 Å². The Morgan fingerprint density at radius 2 is 2.06 bits per heavy atom. The molecule has 1 aliphatic heterocycles. The van der Waals surface area contributed by atoms with Gasteiger partial charge in [0.1, 0.15) is 13.2 Å². The van der Waals surface area contributed by atoms with Gasteiger partial charge in [-0.1, -0.05) is 25.4 Å². The van der Waals surface area contributed by atoms with Crippen molar-refractivity contribution >= 4 is 11.6 Å². The van der Waals surface area contributed by atoms with Crippen molar-refractivity contribution in [3.63, 3.8) is 0 Å². The molecule has 0 radical (unpaired) electrons. The number of ether oxygens (including phenoxy) is 2. The van der Waals surface area contributed by atoms with E-state index in [0.29, 0.717) is 13.2 Å². The first-order chi connectivity index (χ1) is 8.00. The van der Waals surface area contributed by atoms with Gasteiger partial charge in [0.2, 0.25) is 0 Å². The fraction of sp³-hybridized carbons (Fsp3) is 0.538. The largest absolute Gasteiger partial charge is 0.486 e. The van der Waals surface area contributed by atoms with Crippen LogP contribution in [0.2, 0.25) is 5.02 Å². The lowest BCUT2D eigenvalue weighted by Crippen LogP contribution is -2.18. The van der Waals surface area contributed by atoms with Gasteiger partial charge in [-0.2, -0.15) is 0 Å². The highest BCUT2D eigenvalue weighted by atomic mass is 35.5. The summed E-state index contributed by atoms with van der Waals surface area (Å²) in [7, 11) is 0. The van der Waals surface area contributed by atoms with E-state index in [1.54, 1.807) is 0 Å². The summed E-state index contributed by atoms with van der Waals surface area (Å²) >= 11 is 6.37. The molecule has 17 heavy (non-hydrogen) atoms. The van der Waals surface area contributed by atoms with Crippen molar-refractivity contribution in [2.45, 2.75) is 31.7 Å². The zero-order chi connectivity index (χ0) is 12.2. The van der Waals surface area contributed by atoms with Crippen LogP contribution in [0.4, 0.5) is 0 Å². The number of halogens is 1. The Bertz CT molecular complexity index is 485. The summed E-state index contributed by atoms with van der Waals surface area (Å²) < 4.78 is 11.3. The molecule has 0 fully saturated rings. The molecule has 1 aromatic rings. The number of fused-ring (bicyclic) bond motifs is 3. The molecular weight excluding hydrogens is 238 g/mol. The Balaban J connectivity index is 2.28. The van der Waals surface area contributed by atoms with E-state index in [9.17, 15) is 0 Å². The van der Waals surface area contributed by atoms with Crippen LogP contribution in [-0.2, 0) is 5.41 Å². The molecule has 4 heteroatoms. The van der Waals surface area contributed by atoms with E-state index in [0.717, 1.165) is 34.1 Å². The predicted molar refractivity (Wildman–Crippen MR) is 67.0 cm³/mol. The average molecular weight is 254 g/mol. The molecule has 92 valence electrons. The van der Waals surface area contributed by atoms with Crippen LogP contribution in [0.3, 0.4) is 0 Å². The third kappa shape index (κ3) is 1.53. The summed E-state index contributed by atoms with van der Waals surface area (Å²) in [6.45, 7) is 5.48. The first-order valence-electron chi connectivity index (χ1n) is 5.89. The molecule has 0 bridgehead atoms. The fourth-order valence-corrected chi connectivity index (χ4v) is 3.43. The molecule has 1 atom stereocenters. The van der Waals surface area contributed by atoms with Crippen LogP contribution in [0.1, 0.15) is 37.4 Å². The highest BCUT2D eigenvalue weighted by Gasteiger charge is 2.41. The molecule has 0 aromatic heterocycles. The Hall–Kier alpha value is -0.930. The van der Waals surface area contributed by atoms with Gasteiger partial charge in [-0.25, -0.2) is 0 Å². The molecule has 3 rings (SSSR count). The van der Waals surface area contributed by atoms with Gasteiger partial charge in [-0.15, -0.1) is 0 Å². The molecular formula is C13H16ClNO2. The van der Waals surface area contributed by atoms with E-state index in [-0.39, 0.29) is 11.5 Å². The van der Waals surface area contributed by atoms with Gasteiger partial charge in [0.05, 0.1) is 0 Å². The molecule has 1 aromatic carbocycles. The summed E-state index contributed by atoms with van der Waals surface area (Å²) in [6, 6.07) is 1.84. The maximum absolute atomic E-state index is 6.37. The quantitative estimate of drug-likeness (QED) is 0.773. The topological polar surface area (TPSA) is 44.5 Å². The minimum absolute atomic E-state index is 0.00166. The normalized spacial score (nSPS) is 24.6. The van der Waals surface area contributed by atoms with Gasteiger partial charge < -0.3 is 15.2 Å².